The summed E-state index contributed by atoms with van der Waals surface area (Å²) >= 11 is 0. The zero-order valence-corrected chi connectivity index (χ0v) is 9.87. The number of hydrogen-bond donors (Lipinski definition) is 2. The van der Waals surface area contributed by atoms with E-state index in [0.29, 0.717) is 5.69 Å². The maximum absolute atomic E-state index is 11.0. The van der Waals surface area contributed by atoms with Crippen molar-refractivity contribution in [3.8, 4) is 0 Å². The number of pyridine rings is 2. The molecule has 2 aromatic rings. The van der Waals surface area contributed by atoms with Crippen molar-refractivity contribution in [2.75, 3.05) is 5.32 Å². The fraction of sp³-hybridized carbons (Fsp3) is 0.154. The van der Waals surface area contributed by atoms with Crippen LogP contribution in [0.4, 0.5) is 5.69 Å². The Morgan fingerprint density at radius 1 is 1.28 bits per heavy atom. The summed E-state index contributed by atoms with van der Waals surface area (Å²) in [7, 11) is 0. The van der Waals surface area contributed by atoms with Crippen LogP contribution in [0, 0.1) is 0 Å². The van der Waals surface area contributed by atoms with Crippen molar-refractivity contribution in [2.24, 2.45) is 0 Å². The molecular weight excluding hydrogens is 230 g/mol. The molecule has 2 aromatic heterocycles. The Labute approximate surface area is 105 Å². The van der Waals surface area contributed by atoms with E-state index in [1.54, 1.807) is 24.7 Å². The van der Waals surface area contributed by atoms with Gasteiger partial charge in [0.15, 0.2) is 0 Å². The summed E-state index contributed by atoms with van der Waals surface area (Å²) in [5.41, 5.74) is 1.70. The van der Waals surface area contributed by atoms with Gasteiger partial charge in [0.25, 0.3) is 0 Å². The Balaban J connectivity index is 2.22. The van der Waals surface area contributed by atoms with Gasteiger partial charge < -0.3 is 10.4 Å². The van der Waals surface area contributed by atoms with E-state index in [4.69, 9.17) is 5.11 Å². The van der Waals surface area contributed by atoms with Crippen LogP contribution in [-0.4, -0.2) is 21.0 Å². The summed E-state index contributed by atoms with van der Waals surface area (Å²) in [6.45, 7) is 1.95. The molecule has 0 bridgehead atoms. The molecule has 0 aliphatic carbocycles. The summed E-state index contributed by atoms with van der Waals surface area (Å²) in [5, 5.41) is 12.2. The molecule has 0 amide bonds. The molecule has 1 atom stereocenters. The molecular formula is C13H13N3O2. The predicted molar refractivity (Wildman–Crippen MR) is 67.5 cm³/mol. The third kappa shape index (κ3) is 2.63. The molecule has 0 fully saturated rings. The maximum atomic E-state index is 11.0. The van der Waals surface area contributed by atoms with E-state index >= 15 is 0 Å². The van der Waals surface area contributed by atoms with Crippen LogP contribution in [0.25, 0.3) is 0 Å². The molecule has 0 radical (unpaired) electrons. The highest BCUT2D eigenvalue weighted by molar-refractivity contribution is 5.93. The smallest absolute Gasteiger partial charge is 0.339 e. The van der Waals surface area contributed by atoms with Crippen LogP contribution in [-0.2, 0) is 0 Å². The van der Waals surface area contributed by atoms with Crippen LogP contribution < -0.4 is 5.32 Å². The van der Waals surface area contributed by atoms with Gasteiger partial charge in [-0.3, -0.25) is 9.97 Å². The van der Waals surface area contributed by atoms with Crippen LogP contribution in [0.3, 0.4) is 0 Å². The summed E-state index contributed by atoms with van der Waals surface area (Å²) in [5.74, 6) is -0.996. The Bertz CT molecular complexity index is 543. The fourth-order valence-corrected chi connectivity index (χ4v) is 1.64. The Hall–Kier alpha value is -2.43. The van der Waals surface area contributed by atoms with E-state index in [9.17, 15) is 4.79 Å². The minimum Gasteiger partial charge on any atom is -0.478 e. The highest BCUT2D eigenvalue weighted by Gasteiger charge is 2.12. The van der Waals surface area contributed by atoms with Gasteiger partial charge in [0.1, 0.15) is 5.56 Å². The summed E-state index contributed by atoms with van der Waals surface area (Å²) < 4.78 is 0. The molecule has 0 saturated carbocycles. The van der Waals surface area contributed by atoms with Crippen molar-refractivity contribution in [2.45, 2.75) is 13.0 Å². The number of aromatic carboxylic acids is 1. The zero-order valence-electron chi connectivity index (χ0n) is 9.87. The number of hydrogen-bond acceptors (Lipinski definition) is 4. The van der Waals surface area contributed by atoms with Crippen molar-refractivity contribution < 1.29 is 9.90 Å². The van der Waals surface area contributed by atoms with Crippen molar-refractivity contribution in [3.05, 3.63) is 54.1 Å². The van der Waals surface area contributed by atoms with E-state index in [-0.39, 0.29) is 11.6 Å². The minimum absolute atomic E-state index is 0.0285. The maximum Gasteiger partial charge on any atom is 0.339 e. The first-order valence-corrected chi connectivity index (χ1v) is 5.52. The van der Waals surface area contributed by atoms with Gasteiger partial charge in [0.2, 0.25) is 0 Å². The molecule has 1 unspecified atom stereocenters. The van der Waals surface area contributed by atoms with E-state index in [1.807, 2.05) is 19.1 Å². The van der Waals surface area contributed by atoms with Crippen LogP contribution in [0.5, 0.6) is 0 Å². The third-order valence-electron chi connectivity index (χ3n) is 2.61. The minimum atomic E-state index is -0.996. The van der Waals surface area contributed by atoms with Crippen LogP contribution in [0.2, 0.25) is 0 Å². The monoisotopic (exact) mass is 243 g/mol. The number of carboxylic acid groups (broad SMARTS) is 1. The molecule has 92 valence electrons. The summed E-state index contributed by atoms with van der Waals surface area (Å²) in [6.07, 6.45) is 6.34. The van der Waals surface area contributed by atoms with E-state index < -0.39 is 5.97 Å². The quantitative estimate of drug-likeness (QED) is 0.862. The van der Waals surface area contributed by atoms with Crippen molar-refractivity contribution in [3.63, 3.8) is 0 Å². The van der Waals surface area contributed by atoms with E-state index in [0.717, 1.165) is 5.56 Å². The van der Waals surface area contributed by atoms with Gasteiger partial charge >= 0.3 is 5.97 Å². The number of nitrogens with one attached hydrogen (secondary N) is 1. The Morgan fingerprint density at radius 3 is 2.72 bits per heavy atom. The number of anilines is 1. The molecule has 2 heterocycles. The lowest BCUT2D eigenvalue weighted by Crippen LogP contribution is -2.11. The van der Waals surface area contributed by atoms with Gasteiger partial charge in [-0.1, -0.05) is 6.07 Å². The number of nitrogens with zero attached hydrogens (tertiary/aromatic N) is 2. The highest BCUT2D eigenvalue weighted by Crippen LogP contribution is 2.21. The summed E-state index contributed by atoms with van der Waals surface area (Å²) in [4.78, 5) is 18.9. The van der Waals surface area contributed by atoms with Crippen molar-refractivity contribution >= 4 is 11.7 Å². The second kappa shape index (κ2) is 5.27. The van der Waals surface area contributed by atoms with Crippen LogP contribution >= 0.6 is 0 Å². The zero-order chi connectivity index (χ0) is 13.0. The SMILES string of the molecule is CC(Nc1ccncc1C(=O)O)c1cccnc1. The molecule has 18 heavy (non-hydrogen) atoms. The van der Waals surface area contributed by atoms with Gasteiger partial charge in [0, 0.05) is 24.8 Å². The van der Waals surface area contributed by atoms with Gasteiger partial charge in [0.05, 0.1) is 11.7 Å². The van der Waals surface area contributed by atoms with Crippen LogP contribution in [0.15, 0.2) is 43.0 Å². The van der Waals surface area contributed by atoms with Gasteiger partial charge in [-0.2, -0.15) is 0 Å². The van der Waals surface area contributed by atoms with E-state index in [2.05, 4.69) is 15.3 Å². The lowest BCUT2D eigenvalue weighted by Gasteiger charge is -2.16. The van der Waals surface area contributed by atoms with Gasteiger partial charge in [-0.25, -0.2) is 4.79 Å². The average Bonchev–Trinajstić information content (AvgIpc) is 2.40. The summed E-state index contributed by atoms with van der Waals surface area (Å²) in [6, 6.07) is 5.40. The molecule has 5 heteroatoms. The van der Waals surface area contributed by atoms with Gasteiger partial charge in [-0.05, 0) is 24.6 Å². The molecule has 0 saturated heterocycles. The second-order valence-electron chi connectivity index (χ2n) is 3.88. The van der Waals surface area contributed by atoms with E-state index in [1.165, 1.54) is 6.20 Å². The first-order valence-electron chi connectivity index (χ1n) is 5.52. The predicted octanol–water partition coefficient (Wildman–Crippen LogP) is 2.35. The van der Waals surface area contributed by atoms with Crippen molar-refractivity contribution in [1.29, 1.82) is 0 Å². The average molecular weight is 243 g/mol. The number of rotatable bonds is 4. The molecule has 0 aliphatic rings. The number of carboxylic acids is 1. The van der Waals surface area contributed by atoms with Crippen molar-refractivity contribution in [1.82, 2.24) is 9.97 Å². The first-order chi connectivity index (χ1) is 8.68. The number of carbonyl (C=O) groups is 1. The third-order valence-corrected chi connectivity index (χ3v) is 2.61. The molecule has 0 aromatic carbocycles. The number of aromatic nitrogens is 2. The molecule has 0 spiro atoms. The topological polar surface area (TPSA) is 75.1 Å². The second-order valence-corrected chi connectivity index (χ2v) is 3.88. The standard InChI is InChI=1S/C13H13N3O2/c1-9(10-3-2-5-14-7-10)16-12-4-6-15-8-11(12)13(17)18/h2-9H,1H3,(H,15,16)(H,17,18). The largest absolute Gasteiger partial charge is 0.478 e. The first kappa shape index (κ1) is 12.0. The Kier molecular flexibility index (Phi) is 3.52. The highest BCUT2D eigenvalue weighted by atomic mass is 16.4. The molecule has 2 N–H and O–H groups in total. The molecule has 0 aliphatic heterocycles. The molecule has 5 nitrogen and oxygen atoms in total. The Morgan fingerprint density at radius 2 is 2.06 bits per heavy atom. The lowest BCUT2D eigenvalue weighted by molar-refractivity contribution is 0.0697. The van der Waals surface area contributed by atoms with Gasteiger partial charge in [-0.15, -0.1) is 0 Å². The molecule has 2 rings (SSSR count). The fourth-order valence-electron chi connectivity index (χ4n) is 1.64. The van der Waals surface area contributed by atoms with Crippen LogP contribution in [0.1, 0.15) is 28.9 Å². The normalized spacial score (nSPS) is 11.8. The lowest BCUT2D eigenvalue weighted by atomic mass is 10.1.